The summed E-state index contributed by atoms with van der Waals surface area (Å²) in [6.07, 6.45) is 9.85. The fraction of sp³-hybridized carbons (Fsp3) is 0.444. The Morgan fingerprint density at radius 1 is 1.67 bits per heavy atom. The Hall–Kier alpha value is -1.25. The Bertz CT molecular complexity index is 254. The number of ether oxygens (including phenoxy) is 1. The lowest BCUT2D eigenvalue weighted by atomic mass is 9.98. The van der Waals surface area contributed by atoms with Gasteiger partial charge >= 0.3 is 0 Å². The molecule has 1 aliphatic rings. The topological polar surface area (TPSA) is 37.9 Å². The molecule has 2 heterocycles. The van der Waals surface area contributed by atoms with Crippen molar-refractivity contribution in [2.45, 2.75) is 12.8 Å². The van der Waals surface area contributed by atoms with Crippen molar-refractivity contribution < 1.29 is 4.74 Å². The minimum Gasteiger partial charge on any atom is -0.501 e. The molecule has 1 unspecified atom stereocenters. The highest BCUT2D eigenvalue weighted by Gasteiger charge is 2.11. The standard InChI is InChI=1S/C9H12N2O/c1-2-8(7-12-3-1)4-9-5-10-11-6-9/h1,3,5-6,8H,2,4,7H2,(H,10,11). The van der Waals surface area contributed by atoms with Gasteiger partial charge in [-0.25, -0.2) is 0 Å². The van der Waals surface area contributed by atoms with Crippen molar-refractivity contribution in [3.05, 3.63) is 30.3 Å². The van der Waals surface area contributed by atoms with Crippen molar-refractivity contribution in [1.29, 1.82) is 0 Å². The van der Waals surface area contributed by atoms with Gasteiger partial charge in [0.2, 0.25) is 0 Å². The first kappa shape index (κ1) is 7.40. The van der Waals surface area contributed by atoms with Gasteiger partial charge in [-0.05, 0) is 24.5 Å². The first-order valence-electron chi connectivity index (χ1n) is 4.19. The second kappa shape index (κ2) is 3.43. The number of rotatable bonds is 2. The highest BCUT2D eigenvalue weighted by molar-refractivity contribution is 5.04. The molecule has 0 amide bonds. The van der Waals surface area contributed by atoms with Crippen LogP contribution in [0.25, 0.3) is 0 Å². The number of hydrogen-bond acceptors (Lipinski definition) is 2. The molecule has 3 heteroatoms. The van der Waals surface area contributed by atoms with Crippen LogP contribution in [-0.2, 0) is 11.2 Å². The second-order valence-corrected chi connectivity index (χ2v) is 3.12. The molecule has 12 heavy (non-hydrogen) atoms. The van der Waals surface area contributed by atoms with E-state index in [4.69, 9.17) is 4.74 Å². The third kappa shape index (κ3) is 1.67. The summed E-state index contributed by atoms with van der Waals surface area (Å²) in [6.45, 7) is 0.835. The zero-order chi connectivity index (χ0) is 8.23. The van der Waals surface area contributed by atoms with Crippen LogP contribution in [0.2, 0.25) is 0 Å². The van der Waals surface area contributed by atoms with Crippen LogP contribution < -0.4 is 0 Å². The molecule has 3 nitrogen and oxygen atoms in total. The lowest BCUT2D eigenvalue weighted by Gasteiger charge is -2.16. The number of aromatic amines is 1. The Morgan fingerprint density at radius 3 is 3.33 bits per heavy atom. The van der Waals surface area contributed by atoms with E-state index >= 15 is 0 Å². The van der Waals surface area contributed by atoms with Crippen molar-refractivity contribution in [1.82, 2.24) is 10.2 Å². The van der Waals surface area contributed by atoms with E-state index in [1.807, 2.05) is 12.4 Å². The van der Waals surface area contributed by atoms with Crippen LogP contribution in [0.5, 0.6) is 0 Å². The van der Waals surface area contributed by atoms with Gasteiger partial charge in [0.15, 0.2) is 0 Å². The molecule has 1 aromatic heterocycles. The van der Waals surface area contributed by atoms with Crippen molar-refractivity contribution in [2.24, 2.45) is 5.92 Å². The second-order valence-electron chi connectivity index (χ2n) is 3.12. The van der Waals surface area contributed by atoms with E-state index < -0.39 is 0 Å². The zero-order valence-electron chi connectivity index (χ0n) is 6.86. The van der Waals surface area contributed by atoms with Gasteiger partial charge in [-0.2, -0.15) is 5.10 Å². The molecule has 0 aliphatic carbocycles. The molecule has 1 aliphatic heterocycles. The van der Waals surface area contributed by atoms with E-state index in [-0.39, 0.29) is 0 Å². The summed E-state index contributed by atoms with van der Waals surface area (Å²) >= 11 is 0. The average Bonchev–Trinajstić information content (AvgIpc) is 2.59. The van der Waals surface area contributed by atoms with Gasteiger partial charge in [0, 0.05) is 12.1 Å². The lowest BCUT2D eigenvalue weighted by Crippen LogP contribution is -2.12. The van der Waals surface area contributed by atoms with Gasteiger partial charge in [-0.1, -0.05) is 0 Å². The lowest BCUT2D eigenvalue weighted by molar-refractivity contribution is 0.177. The van der Waals surface area contributed by atoms with Gasteiger partial charge in [0.1, 0.15) is 0 Å². The van der Waals surface area contributed by atoms with E-state index in [2.05, 4.69) is 16.3 Å². The molecule has 0 radical (unpaired) electrons. The molecular weight excluding hydrogens is 152 g/mol. The van der Waals surface area contributed by atoms with Crippen LogP contribution in [-0.4, -0.2) is 16.8 Å². The monoisotopic (exact) mass is 164 g/mol. The smallest absolute Gasteiger partial charge is 0.0907 e. The molecule has 0 aromatic carbocycles. The van der Waals surface area contributed by atoms with Crippen LogP contribution in [0.4, 0.5) is 0 Å². The van der Waals surface area contributed by atoms with E-state index in [1.165, 1.54) is 5.56 Å². The van der Waals surface area contributed by atoms with Crippen LogP contribution in [0.1, 0.15) is 12.0 Å². The van der Waals surface area contributed by atoms with Crippen molar-refractivity contribution >= 4 is 0 Å². The number of H-pyrrole nitrogens is 1. The summed E-state index contributed by atoms with van der Waals surface area (Å²) in [5.74, 6) is 0.618. The highest BCUT2D eigenvalue weighted by atomic mass is 16.5. The van der Waals surface area contributed by atoms with E-state index in [1.54, 1.807) is 6.26 Å². The number of aromatic nitrogens is 2. The molecule has 0 bridgehead atoms. The number of hydrogen-bond donors (Lipinski definition) is 1. The van der Waals surface area contributed by atoms with Gasteiger partial charge in [0.25, 0.3) is 0 Å². The Morgan fingerprint density at radius 2 is 2.67 bits per heavy atom. The predicted molar refractivity (Wildman–Crippen MR) is 45.5 cm³/mol. The molecule has 1 aromatic rings. The molecule has 0 fully saturated rings. The molecule has 0 spiro atoms. The number of allylic oxidation sites excluding steroid dienone is 1. The Kier molecular flexibility index (Phi) is 2.12. The minimum atomic E-state index is 0.618. The van der Waals surface area contributed by atoms with Gasteiger partial charge < -0.3 is 4.74 Å². The van der Waals surface area contributed by atoms with Gasteiger partial charge in [-0.15, -0.1) is 0 Å². The maximum Gasteiger partial charge on any atom is 0.0907 e. The number of nitrogens with zero attached hydrogens (tertiary/aromatic N) is 1. The van der Waals surface area contributed by atoms with Crippen LogP contribution in [0, 0.1) is 5.92 Å². The molecule has 1 atom stereocenters. The zero-order valence-corrected chi connectivity index (χ0v) is 6.86. The first-order valence-corrected chi connectivity index (χ1v) is 4.19. The van der Waals surface area contributed by atoms with Crippen LogP contribution >= 0.6 is 0 Å². The summed E-state index contributed by atoms with van der Waals surface area (Å²) < 4.78 is 5.22. The number of nitrogens with one attached hydrogen (secondary N) is 1. The SMILES string of the molecule is C1=COCC(Cc2cn[nH]c2)C1. The molecule has 0 saturated carbocycles. The van der Waals surface area contributed by atoms with E-state index in [0.717, 1.165) is 19.4 Å². The fourth-order valence-electron chi connectivity index (χ4n) is 1.44. The van der Waals surface area contributed by atoms with Crippen molar-refractivity contribution in [3.8, 4) is 0 Å². The molecule has 64 valence electrons. The predicted octanol–water partition coefficient (Wildman–Crippen LogP) is 1.50. The summed E-state index contributed by atoms with van der Waals surface area (Å²) in [5.41, 5.74) is 1.26. The molecule has 1 N–H and O–H groups in total. The quantitative estimate of drug-likeness (QED) is 0.719. The average molecular weight is 164 g/mol. The van der Waals surface area contributed by atoms with Crippen LogP contribution in [0.3, 0.4) is 0 Å². The summed E-state index contributed by atoms with van der Waals surface area (Å²) in [6, 6.07) is 0. The summed E-state index contributed by atoms with van der Waals surface area (Å²) in [4.78, 5) is 0. The third-order valence-electron chi connectivity index (χ3n) is 2.07. The molecular formula is C9H12N2O. The molecule has 2 rings (SSSR count). The van der Waals surface area contributed by atoms with E-state index in [9.17, 15) is 0 Å². The first-order chi connectivity index (χ1) is 5.95. The van der Waals surface area contributed by atoms with Gasteiger partial charge in [0.05, 0.1) is 19.1 Å². The Balaban J connectivity index is 1.91. The van der Waals surface area contributed by atoms with Crippen LogP contribution in [0.15, 0.2) is 24.7 Å². The summed E-state index contributed by atoms with van der Waals surface area (Å²) in [5, 5.41) is 6.71. The normalized spacial score (nSPS) is 22.2. The fourth-order valence-corrected chi connectivity index (χ4v) is 1.44. The minimum absolute atomic E-state index is 0.618. The highest BCUT2D eigenvalue weighted by Crippen LogP contribution is 2.15. The summed E-state index contributed by atoms with van der Waals surface area (Å²) in [7, 11) is 0. The third-order valence-corrected chi connectivity index (χ3v) is 2.07. The Labute approximate surface area is 71.4 Å². The largest absolute Gasteiger partial charge is 0.501 e. The maximum absolute atomic E-state index is 5.22. The van der Waals surface area contributed by atoms with Crippen molar-refractivity contribution in [2.75, 3.05) is 6.61 Å². The maximum atomic E-state index is 5.22. The van der Waals surface area contributed by atoms with E-state index in [0.29, 0.717) is 5.92 Å². The van der Waals surface area contributed by atoms with Gasteiger partial charge in [-0.3, -0.25) is 5.10 Å². The van der Waals surface area contributed by atoms with Crippen molar-refractivity contribution in [3.63, 3.8) is 0 Å². The molecule has 0 saturated heterocycles.